The van der Waals surface area contributed by atoms with Crippen LogP contribution in [0.5, 0.6) is 0 Å². The average molecular weight is 241 g/mol. The van der Waals surface area contributed by atoms with Crippen molar-refractivity contribution < 1.29 is 19.1 Å². The average Bonchev–Trinajstić information content (AvgIpc) is 2.77. The number of carbonyl (C=O) groups is 1. The van der Waals surface area contributed by atoms with Gasteiger partial charge in [-0.15, -0.1) is 0 Å². The highest BCUT2D eigenvalue weighted by molar-refractivity contribution is 5.87. The van der Waals surface area contributed by atoms with E-state index in [-0.39, 0.29) is 12.4 Å². The Hall–Kier alpha value is -1.33. The monoisotopic (exact) mass is 241 g/mol. The minimum absolute atomic E-state index is 0.196. The lowest BCUT2D eigenvalue weighted by Crippen LogP contribution is -2.22. The van der Waals surface area contributed by atoms with E-state index in [2.05, 4.69) is 17.0 Å². The van der Waals surface area contributed by atoms with Gasteiger partial charge >= 0.3 is 5.97 Å². The fraction of sp³-hybridized carbons (Fsp3) is 0.583. The molecule has 1 rings (SSSR count). The van der Waals surface area contributed by atoms with Crippen LogP contribution in [0.2, 0.25) is 0 Å². The number of methoxy groups -OCH3 is 1. The Morgan fingerprint density at radius 2 is 2.41 bits per heavy atom. The molecule has 1 aromatic rings. The SMILES string of the molecule is COC(=O)c1occc1CNCC(C)CCO. The molecule has 0 aliphatic carbocycles. The van der Waals surface area contributed by atoms with Gasteiger partial charge in [-0.1, -0.05) is 6.92 Å². The van der Waals surface area contributed by atoms with E-state index in [1.54, 1.807) is 6.07 Å². The summed E-state index contributed by atoms with van der Waals surface area (Å²) in [7, 11) is 1.32. The standard InChI is InChI=1S/C12H19NO4/c1-9(3-5-14)7-13-8-10-4-6-17-11(10)12(15)16-2/h4,6,9,13-14H,3,5,7-8H2,1-2H3. The van der Waals surface area contributed by atoms with E-state index in [4.69, 9.17) is 9.52 Å². The minimum atomic E-state index is -0.463. The first-order chi connectivity index (χ1) is 8.19. The van der Waals surface area contributed by atoms with Crippen LogP contribution >= 0.6 is 0 Å². The summed E-state index contributed by atoms with van der Waals surface area (Å²) in [6, 6.07) is 1.75. The maximum Gasteiger partial charge on any atom is 0.374 e. The van der Waals surface area contributed by atoms with Gasteiger partial charge < -0.3 is 19.6 Å². The Bertz CT molecular complexity index is 348. The summed E-state index contributed by atoms with van der Waals surface area (Å²) in [5.41, 5.74) is 0.785. The highest BCUT2D eigenvalue weighted by atomic mass is 16.5. The largest absolute Gasteiger partial charge is 0.463 e. The zero-order chi connectivity index (χ0) is 12.7. The molecule has 0 radical (unpaired) electrons. The third-order valence-electron chi connectivity index (χ3n) is 2.55. The third kappa shape index (κ3) is 4.20. The molecule has 0 amide bonds. The molecule has 0 saturated carbocycles. The van der Waals surface area contributed by atoms with Gasteiger partial charge in [0.05, 0.1) is 13.4 Å². The van der Waals surface area contributed by atoms with Crippen LogP contribution < -0.4 is 5.32 Å². The van der Waals surface area contributed by atoms with Crippen molar-refractivity contribution in [3.8, 4) is 0 Å². The topological polar surface area (TPSA) is 71.7 Å². The van der Waals surface area contributed by atoms with Crippen molar-refractivity contribution in [2.24, 2.45) is 5.92 Å². The van der Waals surface area contributed by atoms with Gasteiger partial charge in [-0.3, -0.25) is 0 Å². The third-order valence-corrected chi connectivity index (χ3v) is 2.55. The van der Waals surface area contributed by atoms with Gasteiger partial charge in [-0.25, -0.2) is 4.79 Å². The van der Waals surface area contributed by atoms with E-state index in [0.717, 1.165) is 18.5 Å². The van der Waals surface area contributed by atoms with Gasteiger partial charge in [0, 0.05) is 18.7 Å². The molecular formula is C12H19NO4. The van der Waals surface area contributed by atoms with Crippen LogP contribution in [-0.4, -0.2) is 31.3 Å². The van der Waals surface area contributed by atoms with Crippen molar-refractivity contribution in [3.63, 3.8) is 0 Å². The van der Waals surface area contributed by atoms with E-state index < -0.39 is 5.97 Å². The minimum Gasteiger partial charge on any atom is -0.463 e. The summed E-state index contributed by atoms with van der Waals surface area (Å²) in [5, 5.41) is 12.0. The predicted octanol–water partition coefficient (Wildman–Crippen LogP) is 1.17. The van der Waals surface area contributed by atoms with Crippen molar-refractivity contribution in [1.29, 1.82) is 0 Å². The molecule has 5 heteroatoms. The molecule has 2 N–H and O–H groups in total. The first-order valence-electron chi connectivity index (χ1n) is 5.65. The predicted molar refractivity (Wildman–Crippen MR) is 62.6 cm³/mol. The van der Waals surface area contributed by atoms with Gasteiger partial charge in [-0.2, -0.15) is 0 Å². The number of hydrogen-bond donors (Lipinski definition) is 2. The second-order valence-electron chi connectivity index (χ2n) is 4.01. The highest BCUT2D eigenvalue weighted by Crippen LogP contribution is 2.11. The second kappa shape index (κ2) is 7.09. The normalized spacial score (nSPS) is 12.4. The maximum atomic E-state index is 11.3. The van der Waals surface area contributed by atoms with E-state index in [0.29, 0.717) is 12.5 Å². The van der Waals surface area contributed by atoms with Crippen LogP contribution in [0, 0.1) is 5.92 Å². The molecule has 96 valence electrons. The highest BCUT2D eigenvalue weighted by Gasteiger charge is 2.15. The van der Waals surface area contributed by atoms with E-state index in [1.165, 1.54) is 13.4 Å². The molecule has 0 aliphatic heterocycles. The number of furan rings is 1. The Labute approximate surface area is 101 Å². The Kier molecular flexibility index (Phi) is 5.72. The number of aliphatic hydroxyl groups is 1. The lowest BCUT2D eigenvalue weighted by Gasteiger charge is -2.10. The quantitative estimate of drug-likeness (QED) is 0.701. The Morgan fingerprint density at radius 3 is 3.06 bits per heavy atom. The number of ether oxygens (including phenoxy) is 1. The van der Waals surface area contributed by atoms with Crippen LogP contribution in [-0.2, 0) is 11.3 Å². The molecule has 0 fully saturated rings. The maximum absolute atomic E-state index is 11.3. The van der Waals surface area contributed by atoms with Gasteiger partial charge in [-0.05, 0) is 24.9 Å². The number of nitrogens with one attached hydrogen (secondary N) is 1. The van der Waals surface area contributed by atoms with Crippen molar-refractivity contribution in [3.05, 3.63) is 23.7 Å². The van der Waals surface area contributed by atoms with Gasteiger partial charge in [0.25, 0.3) is 0 Å². The first kappa shape index (κ1) is 13.7. The summed E-state index contributed by atoms with van der Waals surface area (Å²) in [6.07, 6.45) is 2.24. The first-order valence-corrected chi connectivity index (χ1v) is 5.65. The molecule has 1 atom stereocenters. The molecule has 1 unspecified atom stereocenters. The van der Waals surface area contributed by atoms with Gasteiger partial charge in [0.2, 0.25) is 5.76 Å². The lowest BCUT2D eigenvalue weighted by atomic mass is 10.1. The Morgan fingerprint density at radius 1 is 1.65 bits per heavy atom. The second-order valence-corrected chi connectivity index (χ2v) is 4.01. The number of hydrogen-bond acceptors (Lipinski definition) is 5. The fourth-order valence-electron chi connectivity index (χ4n) is 1.52. The zero-order valence-corrected chi connectivity index (χ0v) is 10.2. The molecule has 1 heterocycles. The van der Waals surface area contributed by atoms with E-state index >= 15 is 0 Å². The van der Waals surface area contributed by atoms with Gasteiger partial charge in [0.1, 0.15) is 0 Å². The summed E-state index contributed by atoms with van der Waals surface area (Å²) in [5.74, 6) is 0.179. The van der Waals surface area contributed by atoms with Crippen LogP contribution in [0.1, 0.15) is 29.5 Å². The molecule has 0 saturated heterocycles. The van der Waals surface area contributed by atoms with Gasteiger partial charge in [0.15, 0.2) is 0 Å². The smallest absolute Gasteiger partial charge is 0.374 e. The molecule has 1 aromatic heterocycles. The van der Waals surface area contributed by atoms with Crippen molar-refractivity contribution >= 4 is 5.97 Å². The molecule has 0 spiro atoms. The molecule has 0 bridgehead atoms. The molecular weight excluding hydrogens is 222 g/mol. The van der Waals surface area contributed by atoms with Crippen molar-refractivity contribution in [2.75, 3.05) is 20.3 Å². The number of aliphatic hydroxyl groups excluding tert-OH is 1. The zero-order valence-electron chi connectivity index (χ0n) is 10.2. The molecule has 0 aliphatic rings. The van der Waals surface area contributed by atoms with Crippen molar-refractivity contribution in [2.45, 2.75) is 19.9 Å². The van der Waals surface area contributed by atoms with Crippen LogP contribution in [0.4, 0.5) is 0 Å². The van der Waals surface area contributed by atoms with Crippen LogP contribution in [0.15, 0.2) is 16.7 Å². The number of rotatable bonds is 7. The van der Waals surface area contributed by atoms with E-state index in [1.807, 2.05) is 0 Å². The number of esters is 1. The lowest BCUT2D eigenvalue weighted by molar-refractivity contribution is 0.0563. The Balaban J connectivity index is 2.41. The summed E-state index contributed by atoms with van der Waals surface area (Å²) >= 11 is 0. The molecule has 5 nitrogen and oxygen atoms in total. The van der Waals surface area contributed by atoms with E-state index in [9.17, 15) is 4.79 Å². The summed E-state index contributed by atoms with van der Waals surface area (Å²) in [6.45, 7) is 3.59. The molecule has 0 aromatic carbocycles. The molecule has 17 heavy (non-hydrogen) atoms. The summed E-state index contributed by atoms with van der Waals surface area (Å²) in [4.78, 5) is 11.3. The van der Waals surface area contributed by atoms with Crippen LogP contribution in [0.25, 0.3) is 0 Å². The summed E-state index contributed by atoms with van der Waals surface area (Å²) < 4.78 is 9.68. The van der Waals surface area contributed by atoms with Crippen LogP contribution in [0.3, 0.4) is 0 Å². The number of carbonyl (C=O) groups excluding carboxylic acids is 1. The fourth-order valence-corrected chi connectivity index (χ4v) is 1.52. The van der Waals surface area contributed by atoms with Crippen molar-refractivity contribution in [1.82, 2.24) is 5.32 Å².